The third-order valence-corrected chi connectivity index (χ3v) is 8.01. The molecule has 1 saturated heterocycles. The van der Waals surface area contributed by atoms with Crippen molar-refractivity contribution in [2.45, 2.75) is 38.8 Å². The van der Waals surface area contributed by atoms with Crippen molar-refractivity contribution in [3.63, 3.8) is 0 Å². The number of hydrogen-bond acceptors (Lipinski definition) is 9. The van der Waals surface area contributed by atoms with E-state index in [1.165, 1.54) is 23.2 Å². The Hall–Kier alpha value is -2.86. The van der Waals surface area contributed by atoms with E-state index in [-0.39, 0.29) is 32.7 Å². The zero-order valence-electron chi connectivity index (χ0n) is 20.5. The van der Waals surface area contributed by atoms with Gasteiger partial charge >= 0.3 is 11.9 Å². The summed E-state index contributed by atoms with van der Waals surface area (Å²) in [5.74, 6) is -1.29. The Labute approximate surface area is 213 Å². The van der Waals surface area contributed by atoms with Crippen LogP contribution in [-0.2, 0) is 19.1 Å². The highest BCUT2D eigenvalue weighted by Crippen LogP contribution is 2.46. The molecule has 2 aliphatic heterocycles. The molecule has 0 aromatic carbocycles. The third-order valence-electron chi connectivity index (χ3n) is 7.23. The smallest absolute Gasteiger partial charge is 0.337 e. The second kappa shape index (κ2) is 10.6. The molecule has 2 unspecified atom stereocenters. The molecule has 36 heavy (non-hydrogen) atoms. The van der Waals surface area contributed by atoms with E-state index >= 15 is 4.39 Å². The minimum absolute atomic E-state index is 0.0891. The Morgan fingerprint density at radius 1 is 1.42 bits per heavy atom. The van der Waals surface area contributed by atoms with Gasteiger partial charge in [0.1, 0.15) is 5.67 Å². The number of ether oxygens (including phenoxy) is 1. The Morgan fingerprint density at radius 2 is 2.19 bits per heavy atom. The number of rotatable bonds is 11. The summed E-state index contributed by atoms with van der Waals surface area (Å²) in [5.41, 5.74) is -1.35. The SMILES string of the molecule is CCOC(=O)C1=C(CN2CCC(C)(F)C(CN(C=O)CC3(C(=O)O)CC3)C2)NC(c2nccs2)=NC1. The van der Waals surface area contributed by atoms with Crippen LogP contribution in [0.3, 0.4) is 0 Å². The fourth-order valence-electron chi connectivity index (χ4n) is 4.71. The molecule has 3 aliphatic rings. The lowest BCUT2D eigenvalue weighted by Crippen LogP contribution is -2.53. The standard InChI is InChI=1S/C24H32FN5O5S/c1-3-35-21(32)17-10-27-19(20-26-7-9-36-20)28-18(17)13-29-8-6-23(2,25)16(11-29)12-30(15-31)14-24(4-5-24)22(33)34/h7,9,15-16H,3-6,8,10-14H2,1-2H3,(H,27,28)(H,33,34). The first kappa shape index (κ1) is 26.2. The van der Waals surface area contributed by atoms with E-state index in [1.54, 1.807) is 13.1 Å². The number of piperidine rings is 1. The van der Waals surface area contributed by atoms with Gasteiger partial charge in [-0.2, -0.15) is 0 Å². The van der Waals surface area contributed by atoms with Crippen molar-refractivity contribution in [2.75, 3.05) is 45.9 Å². The number of carboxylic acid groups (broad SMARTS) is 1. The lowest BCUT2D eigenvalue weighted by molar-refractivity contribution is -0.145. The second-order valence-corrected chi connectivity index (χ2v) is 10.8. The highest BCUT2D eigenvalue weighted by molar-refractivity contribution is 7.11. The molecule has 2 atom stereocenters. The molecule has 1 aromatic rings. The molecule has 1 aliphatic carbocycles. The van der Waals surface area contributed by atoms with Crippen LogP contribution in [0.4, 0.5) is 4.39 Å². The number of nitrogens with one attached hydrogen (secondary N) is 1. The number of esters is 1. The molecule has 1 amide bonds. The molecule has 196 valence electrons. The minimum atomic E-state index is -1.51. The molecule has 2 fully saturated rings. The molecule has 10 nitrogen and oxygen atoms in total. The normalized spacial score (nSPS) is 25.5. The first-order chi connectivity index (χ1) is 17.2. The molecule has 1 saturated carbocycles. The number of carboxylic acids is 1. The number of aromatic nitrogens is 1. The van der Waals surface area contributed by atoms with Crippen LogP contribution in [0, 0.1) is 11.3 Å². The van der Waals surface area contributed by atoms with Crippen LogP contribution in [-0.4, -0.2) is 95.6 Å². The molecule has 3 heterocycles. The van der Waals surface area contributed by atoms with E-state index in [0.717, 1.165) is 0 Å². The van der Waals surface area contributed by atoms with Gasteiger partial charge < -0.3 is 20.1 Å². The Balaban J connectivity index is 1.48. The topological polar surface area (TPSA) is 124 Å². The van der Waals surface area contributed by atoms with Gasteiger partial charge in [0.25, 0.3) is 0 Å². The Kier molecular flexibility index (Phi) is 7.74. The summed E-state index contributed by atoms with van der Waals surface area (Å²) in [7, 11) is 0. The quantitative estimate of drug-likeness (QED) is 0.333. The van der Waals surface area contributed by atoms with E-state index in [1.807, 2.05) is 10.3 Å². The zero-order valence-corrected chi connectivity index (χ0v) is 21.4. The van der Waals surface area contributed by atoms with Crippen LogP contribution in [0.2, 0.25) is 0 Å². The number of nitrogens with zero attached hydrogens (tertiary/aromatic N) is 4. The number of likely N-dealkylation sites (tertiary alicyclic amines) is 1. The van der Waals surface area contributed by atoms with E-state index in [9.17, 15) is 19.5 Å². The van der Waals surface area contributed by atoms with Crippen LogP contribution >= 0.6 is 11.3 Å². The molecule has 2 N–H and O–H groups in total. The molecule has 12 heteroatoms. The van der Waals surface area contributed by atoms with Gasteiger partial charge in [0.2, 0.25) is 6.41 Å². The van der Waals surface area contributed by atoms with E-state index in [4.69, 9.17) is 4.74 Å². The van der Waals surface area contributed by atoms with Crippen LogP contribution in [0.15, 0.2) is 27.8 Å². The molecule has 0 radical (unpaired) electrons. The van der Waals surface area contributed by atoms with Crippen LogP contribution in [0.5, 0.6) is 0 Å². The number of alkyl halides is 1. The van der Waals surface area contributed by atoms with Crippen molar-refractivity contribution in [3.8, 4) is 0 Å². The van der Waals surface area contributed by atoms with Crippen LogP contribution in [0.25, 0.3) is 0 Å². The average Bonchev–Trinajstić information content (AvgIpc) is 3.42. The van der Waals surface area contributed by atoms with Gasteiger partial charge in [-0.25, -0.2) is 14.2 Å². The van der Waals surface area contributed by atoms with Gasteiger partial charge in [-0.3, -0.25) is 19.5 Å². The minimum Gasteiger partial charge on any atom is -0.481 e. The number of halogens is 1. The van der Waals surface area contributed by atoms with Gasteiger partial charge in [-0.05, 0) is 33.1 Å². The van der Waals surface area contributed by atoms with Crippen molar-refractivity contribution in [1.29, 1.82) is 0 Å². The summed E-state index contributed by atoms with van der Waals surface area (Å²) >= 11 is 1.43. The molecule has 0 bridgehead atoms. The largest absolute Gasteiger partial charge is 0.481 e. The number of aliphatic carboxylic acids is 1. The van der Waals surface area contributed by atoms with Gasteiger partial charge in [-0.1, -0.05) is 0 Å². The average molecular weight is 522 g/mol. The fourth-order valence-corrected chi connectivity index (χ4v) is 5.31. The van der Waals surface area contributed by atoms with Crippen molar-refractivity contribution < 1.29 is 28.6 Å². The fraction of sp³-hybridized carbons (Fsp3) is 0.625. The molecule has 0 spiro atoms. The van der Waals surface area contributed by atoms with Crippen molar-refractivity contribution in [1.82, 2.24) is 20.1 Å². The highest BCUT2D eigenvalue weighted by Gasteiger charge is 2.52. The summed E-state index contributed by atoms with van der Waals surface area (Å²) in [4.78, 5) is 48.2. The van der Waals surface area contributed by atoms with E-state index in [2.05, 4.69) is 15.3 Å². The zero-order chi connectivity index (χ0) is 25.9. The summed E-state index contributed by atoms with van der Waals surface area (Å²) in [6, 6.07) is 0. The van der Waals surface area contributed by atoms with Crippen LogP contribution < -0.4 is 5.32 Å². The summed E-state index contributed by atoms with van der Waals surface area (Å²) in [6.45, 7) is 5.07. The van der Waals surface area contributed by atoms with Crippen LogP contribution in [0.1, 0.15) is 38.1 Å². The number of hydrogen-bond donors (Lipinski definition) is 2. The van der Waals surface area contributed by atoms with Crippen molar-refractivity contribution >= 4 is 35.5 Å². The number of amides is 1. The van der Waals surface area contributed by atoms with E-state index in [0.29, 0.717) is 61.0 Å². The Bertz CT molecular complexity index is 1050. The first-order valence-corrected chi connectivity index (χ1v) is 13.0. The number of amidine groups is 1. The maximum absolute atomic E-state index is 15.5. The monoisotopic (exact) mass is 521 g/mol. The second-order valence-electron chi connectivity index (χ2n) is 9.89. The van der Waals surface area contributed by atoms with Crippen molar-refractivity contribution in [3.05, 3.63) is 27.9 Å². The highest BCUT2D eigenvalue weighted by atomic mass is 32.1. The number of carbonyl (C=O) groups is 3. The summed E-state index contributed by atoms with van der Waals surface area (Å²) in [6.07, 6.45) is 3.61. The number of aliphatic imine (C=N–C) groups is 1. The predicted molar refractivity (Wildman–Crippen MR) is 131 cm³/mol. The lowest BCUT2D eigenvalue weighted by Gasteiger charge is -2.43. The summed E-state index contributed by atoms with van der Waals surface area (Å²) in [5, 5.41) is 15.3. The molecule has 4 rings (SSSR count). The molecule has 1 aromatic heterocycles. The molecular formula is C24H32FN5O5S. The first-order valence-electron chi connectivity index (χ1n) is 12.1. The maximum Gasteiger partial charge on any atom is 0.337 e. The van der Waals surface area contributed by atoms with Gasteiger partial charge in [-0.15, -0.1) is 11.3 Å². The third kappa shape index (κ3) is 5.75. The number of thiazole rings is 1. The number of carbonyl (C=O) groups excluding carboxylic acids is 2. The predicted octanol–water partition coefficient (Wildman–Crippen LogP) is 1.68. The van der Waals surface area contributed by atoms with Crippen molar-refractivity contribution in [2.24, 2.45) is 16.3 Å². The van der Waals surface area contributed by atoms with Gasteiger partial charge in [0.15, 0.2) is 10.8 Å². The lowest BCUT2D eigenvalue weighted by atomic mass is 9.83. The van der Waals surface area contributed by atoms with Gasteiger partial charge in [0.05, 0.1) is 24.1 Å². The maximum atomic E-state index is 15.5. The Morgan fingerprint density at radius 3 is 2.81 bits per heavy atom. The van der Waals surface area contributed by atoms with E-state index < -0.39 is 28.9 Å². The van der Waals surface area contributed by atoms with Gasteiger partial charge in [0, 0.05) is 55.9 Å². The molecular weight excluding hydrogens is 489 g/mol. The summed E-state index contributed by atoms with van der Waals surface area (Å²) < 4.78 is 20.8.